The number of benzene rings is 2. The molecule has 2 aliphatic heterocycles. The first-order valence-corrected chi connectivity index (χ1v) is 16.6. The van der Waals surface area contributed by atoms with E-state index in [1.165, 1.54) is 18.2 Å². The first-order chi connectivity index (χ1) is 24.6. The summed E-state index contributed by atoms with van der Waals surface area (Å²) in [5.41, 5.74) is 0.383. The maximum Gasteiger partial charge on any atom is 0.422 e. The van der Waals surface area contributed by atoms with Crippen LogP contribution >= 0.6 is 0 Å². The van der Waals surface area contributed by atoms with Crippen molar-refractivity contribution in [1.82, 2.24) is 25.6 Å². The van der Waals surface area contributed by atoms with E-state index in [0.717, 1.165) is 24.8 Å². The Bertz CT molecular complexity index is 1670. The van der Waals surface area contributed by atoms with E-state index in [1.54, 1.807) is 20.8 Å². The van der Waals surface area contributed by atoms with Crippen molar-refractivity contribution in [2.24, 2.45) is 0 Å². The Labute approximate surface area is 298 Å². The fourth-order valence-corrected chi connectivity index (χ4v) is 4.68. The summed E-state index contributed by atoms with van der Waals surface area (Å²) in [6.45, 7) is 4.27. The summed E-state index contributed by atoms with van der Waals surface area (Å²) in [7, 11) is 0. The van der Waals surface area contributed by atoms with E-state index < -0.39 is 48.4 Å². The van der Waals surface area contributed by atoms with Gasteiger partial charge in [-0.1, -0.05) is 12.1 Å². The van der Waals surface area contributed by atoms with Gasteiger partial charge in [-0.25, -0.2) is 9.59 Å². The van der Waals surface area contributed by atoms with Gasteiger partial charge in [0.2, 0.25) is 11.9 Å². The Kier molecular flexibility index (Phi) is 13.7. The van der Waals surface area contributed by atoms with Crippen LogP contribution in [0, 0.1) is 0 Å². The lowest BCUT2D eigenvalue weighted by molar-refractivity contribution is -0.154. The van der Waals surface area contributed by atoms with Gasteiger partial charge < -0.3 is 45.3 Å². The molecule has 6 bridgehead atoms. The second-order valence-electron chi connectivity index (χ2n) is 12.7. The number of nitrogens with one attached hydrogen (secondary N) is 4. The van der Waals surface area contributed by atoms with Crippen molar-refractivity contribution < 1.29 is 51.6 Å². The summed E-state index contributed by atoms with van der Waals surface area (Å²) in [6, 6.07) is 9.65. The quantitative estimate of drug-likeness (QED) is 0.192. The molecule has 0 aliphatic carbocycles. The lowest BCUT2D eigenvalue weighted by Gasteiger charge is -2.20. The maximum absolute atomic E-state index is 13.4. The summed E-state index contributed by atoms with van der Waals surface area (Å²) >= 11 is 0. The number of alkyl carbamates (subject to hydrolysis) is 1. The fourth-order valence-electron chi connectivity index (χ4n) is 4.68. The van der Waals surface area contributed by atoms with Crippen LogP contribution < -0.4 is 35.5 Å². The number of ether oxygens (including phenoxy) is 4. The highest BCUT2D eigenvalue weighted by atomic mass is 19.4. The molecule has 1 atom stereocenters. The van der Waals surface area contributed by atoms with Crippen LogP contribution in [0.15, 0.2) is 42.5 Å². The molecule has 2 aliphatic rings. The highest BCUT2D eigenvalue weighted by Gasteiger charge is 2.29. The van der Waals surface area contributed by atoms with Crippen molar-refractivity contribution in [2.75, 3.05) is 37.0 Å². The normalized spacial score (nSPS) is 14.5. The van der Waals surface area contributed by atoms with Gasteiger partial charge in [0.15, 0.2) is 6.61 Å². The van der Waals surface area contributed by atoms with Crippen molar-refractivity contribution >= 4 is 35.6 Å². The molecular weight excluding hydrogens is 691 g/mol. The lowest BCUT2D eigenvalue weighted by Crippen LogP contribution is -2.43. The Morgan fingerprint density at radius 2 is 1.63 bits per heavy atom. The van der Waals surface area contributed by atoms with Crippen molar-refractivity contribution in [3.05, 3.63) is 53.6 Å². The predicted molar refractivity (Wildman–Crippen MR) is 182 cm³/mol. The minimum atomic E-state index is -4.64. The standard InChI is InChI=1S/C34H42F3N7O8/c1-33(2,3)52-32(48)38-15-14-25(28(46)47)41-27(45)24-13-10-22-18-26(24)50-17-7-5-4-6-16-49-23-11-8-21(9-12-23)19-39-29-42-30(40-22)44-31(43-29)51-20-34(35,36)37/h8-13,18,25H,4-7,14-17,19-20H2,1-3H3,(H,38,48)(H,41,45)(H,46,47)(H2,39,40,42,43,44)/t25-/m0/s1. The Morgan fingerprint density at radius 3 is 2.31 bits per heavy atom. The minimum Gasteiger partial charge on any atom is -0.494 e. The van der Waals surface area contributed by atoms with Crippen LogP contribution in [0.1, 0.15) is 68.8 Å². The molecule has 1 aromatic heterocycles. The number of anilines is 3. The molecular formula is C34H42F3N7O8. The first-order valence-electron chi connectivity index (χ1n) is 16.6. The Hall–Kier alpha value is -5.55. The van der Waals surface area contributed by atoms with Crippen molar-refractivity contribution in [3.63, 3.8) is 0 Å². The number of hydrogen-bond donors (Lipinski definition) is 5. The van der Waals surface area contributed by atoms with E-state index >= 15 is 0 Å². The molecule has 0 unspecified atom stereocenters. The smallest absolute Gasteiger partial charge is 0.422 e. The highest BCUT2D eigenvalue weighted by Crippen LogP contribution is 2.27. The van der Waals surface area contributed by atoms with E-state index in [4.69, 9.17) is 18.9 Å². The number of amides is 2. The van der Waals surface area contributed by atoms with Crippen LogP contribution in [-0.4, -0.2) is 82.2 Å². The molecule has 5 N–H and O–H groups in total. The monoisotopic (exact) mass is 733 g/mol. The molecule has 0 saturated heterocycles. The van der Waals surface area contributed by atoms with Crippen LogP contribution in [-0.2, 0) is 16.1 Å². The number of halogens is 3. The van der Waals surface area contributed by atoms with Gasteiger partial charge in [0.1, 0.15) is 23.1 Å². The second-order valence-corrected chi connectivity index (χ2v) is 12.7. The number of fused-ring (bicyclic) bond motifs is 10. The van der Waals surface area contributed by atoms with Crippen molar-refractivity contribution in [1.29, 1.82) is 0 Å². The summed E-state index contributed by atoms with van der Waals surface area (Å²) in [6.07, 6.45) is -2.43. The van der Waals surface area contributed by atoms with Crippen LogP contribution in [0.5, 0.6) is 17.5 Å². The number of rotatable bonds is 8. The number of carboxylic acids is 1. The molecule has 2 aromatic carbocycles. The van der Waals surface area contributed by atoms with Crippen molar-refractivity contribution in [3.8, 4) is 17.5 Å². The van der Waals surface area contributed by atoms with Crippen LogP contribution in [0.3, 0.4) is 0 Å². The van der Waals surface area contributed by atoms with Gasteiger partial charge in [0, 0.05) is 24.8 Å². The van der Waals surface area contributed by atoms with Gasteiger partial charge in [-0.3, -0.25) is 4.79 Å². The molecule has 0 spiro atoms. The Morgan fingerprint density at radius 1 is 0.942 bits per heavy atom. The molecule has 0 fully saturated rings. The third-order valence-electron chi connectivity index (χ3n) is 7.11. The molecule has 5 rings (SSSR count). The number of carboxylic acid groups (broad SMARTS) is 1. The van der Waals surface area contributed by atoms with E-state index in [1.807, 2.05) is 24.3 Å². The van der Waals surface area contributed by atoms with Crippen LogP contribution in [0.25, 0.3) is 0 Å². The van der Waals surface area contributed by atoms with E-state index in [-0.39, 0.29) is 49.3 Å². The molecule has 0 saturated carbocycles. The average molecular weight is 734 g/mol. The summed E-state index contributed by atoms with van der Waals surface area (Å²) in [4.78, 5) is 49.6. The molecule has 15 nitrogen and oxygen atoms in total. The van der Waals surface area contributed by atoms with Crippen LogP contribution in [0.4, 0.5) is 35.5 Å². The van der Waals surface area contributed by atoms with E-state index in [9.17, 15) is 32.7 Å². The molecule has 3 aromatic rings. The average Bonchev–Trinajstić information content (AvgIpc) is 3.06. The molecule has 52 heavy (non-hydrogen) atoms. The topological polar surface area (TPSA) is 195 Å². The van der Waals surface area contributed by atoms with Crippen molar-refractivity contribution in [2.45, 2.75) is 77.2 Å². The van der Waals surface area contributed by atoms with Gasteiger partial charge in [0.05, 0.1) is 18.8 Å². The van der Waals surface area contributed by atoms with Gasteiger partial charge >= 0.3 is 24.2 Å². The largest absolute Gasteiger partial charge is 0.494 e. The zero-order valence-electron chi connectivity index (χ0n) is 29.0. The fraction of sp³-hybridized carbons (Fsp3) is 0.471. The number of alkyl halides is 3. The Balaban J connectivity index is 1.57. The van der Waals surface area contributed by atoms with E-state index in [0.29, 0.717) is 24.5 Å². The number of nitrogens with zero attached hydrogens (tertiary/aromatic N) is 3. The summed E-state index contributed by atoms with van der Waals surface area (Å²) in [5.74, 6) is -1.55. The van der Waals surface area contributed by atoms with E-state index in [2.05, 4.69) is 36.2 Å². The third kappa shape index (κ3) is 13.6. The number of hydrogen-bond acceptors (Lipinski definition) is 12. The van der Waals surface area contributed by atoms with Gasteiger partial charge in [-0.05, 0) is 82.7 Å². The van der Waals surface area contributed by atoms with Gasteiger partial charge in [-0.2, -0.15) is 28.1 Å². The zero-order chi connectivity index (χ0) is 37.7. The van der Waals surface area contributed by atoms with Gasteiger partial charge in [0.25, 0.3) is 5.91 Å². The first kappa shape index (κ1) is 39.2. The summed E-state index contributed by atoms with van der Waals surface area (Å²) < 4.78 is 60.7. The summed E-state index contributed by atoms with van der Waals surface area (Å²) in [5, 5.41) is 20.6. The number of carbonyl (C=O) groups excluding carboxylic acids is 2. The molecule has 282 valence electrons. The molecule has 0 radical (unpaired) electrons. The van der Waals surface area contributed by atoms with Gasteiger partial charge in [-0.15, -0.1) is 0 Å². The highest BCUT2D eigenvalue weighted by molar-refractivity contribution is 5.99. The second kappa shape index (κ2) is 18.1. The van der Waals surface area contributed by atoms with Crippen LogP contribution in [0.2, 0.25) is 0 Å². The lowest BCUT2D eigenvalue weighted by atomic mass is 10.1. The third-order valence-corrected chi connectivity index (χ3v) is 7.11. The predicted octanol–water partition coefficient (Wildman–Crippen LogP) is 5.60. The number of aliphatic carboxylic acids is 1. The SMILES string of the molecule is CC(C)(C)OC(=O)NCC[C@H](NC(=O)c1ccc2cc1OCCCCCCOc1ccc(cc1)CNc1nc(nc(OCC(F)(F)F)n1)N2)C(=O)O. The molecule has 18 heteroatoms. The maximum atomic E-state index is 13.4. The minimum absolute atomic E-state index is 0.0143. The number of carbonyl (C=O) groups is 3. The zero-order valence-corrected chi connectivity index (χ0v) is 29.0. The number of aromatic nitrogens is 3. The molecule has 3 heterocycles. The molecule has 2 amide bonds.